The summed E-state index contributed by atoms with van der Waals surface area (Å²) in [5.41, 5.74) is 0.576. The number of sulfonamides is 1. The number of aliphatic hydroxyl groups is 1. The van der Waals surface area contributed by atoms with Gasteiger partial charge in [0.1, 0.15) is 5.75 Å². The first-order valence-corrected chi connectivity index (χ1v) is 8.65. The van der Waals surface area contributed by atoms with Crippen molar-refractivity contribution in [2.24, 2.45) is 0 Å². The molecule has 2 aromatic rings. The summed E-state index contributed by atoms with van der Waals surface area (Å²) in [4.78, 5) is -0.232. The molecule has 10 heteroatoms. The number of aliphatic hydroxyl groups excluding tert-OH is 1. The van der Waals surface area contributed by atoms with Crippen molar-refractivity contribution >= 4 is 21.4 Å². The topological polar surface area (TPSA) is 75.6 Å². The molecule has 2 N–H and O–H groups in total. The molecule has 0 amide bonds. The zero-order valence-electron chi connectivity index (χ0n) is 11.4. The summed E-state index contributed by atoms with van der Waals surface area (Å²) < 4.78 is 66.0. The Balaban J connectivity index is 2.02. The van der Waals surface area contributed by atoms with Crippen molar-refractivity contribution in [3.63, 3.8) is 0 Å². The minimum Gasteiger partial charge on any atom is -0.406 e. The molecule has 0 aliphatic rings. The van der Waals surface area contributed by atoms with Gasteiger partial charge in [-0.1, -0.05) is 0 Å². The molecule has 0 bridgehead atoms. The largest absolute Gasteiger partial charge is 0.573 e. The molecular weight excluding hydrogens is 355 g/mol. The first kappa shape index (κ1) is 17.7. The minimum atomic E-state index is -4.84. The summed E-state index contributed by atoms with van der Waals surface area (Å²) >= 11 is 1.36. The van der Waals surface area contributed by atoms with Crippen LogP contribution in [0.25, 0.3) is 0 Å². The summed E-state index contributed by atoms with van der Waals surface area (Å²) in [6.07, 6.45) is -5.85. The Morgan fingerprint density at radius 3 is 2.39 bits per heavy atom. The Hall–Kier alpha value is -1.62. The molecule has 23 heavy (non-hydrogen) atoms. The number of hydrogen-bond donors (Lipinski definition) is 2. The van der Waals surface area contributed by atoms with Crippen molar-refractivity contribution in [2.75, 3.05) is 6.54 Å². The van der Waals surface area contributed by atoms with Crippen molar-refractivity contribution < 1.29 is 31.4 Å². The maximum Gasteiger partial charge on any atom is 0.573 e. The van der Waals surface area contributed by atoms with E-state index < -0.39 is 28.2 Å². The predicted octanol–water partition coefficient (Wildman–Crippen LogP) is 2.66. The molecule has 0 saturated heterocycles. The highest BCUT2D eigenvalue weighted by atomic mass is 32.2. The lowest BCUT2D eigenvalue weighted by Gasteiger charge is -2.12. The maximum absolute atomic E-state index is 12.0. The SMILES string of the molecule is O=S(=O)(NC[C@@H](O)c1ccsc1)c1ccc(OC(F)(F)F)cc1. The number of rotatable bonds is 6. The van der Waals surface area contributed by atoms with Gasteiger partial charge >= 0.3 is 6.36 Å². The average molecular weight is 367 g/mol. The first-order chi connectivity index (χ1) is 10.7. The van der Waals surface area contributed by atoms with E-state index in [1.54, 1.807) is 16.8 Å². The van der Waals surface area contributed by atoms with E-state index in [0.29, 0.717) is 5.56 Å². The van der Waals surface area contributed by atoms with Crippen LogP contribution in [0.2, 0.25) is 0 Å². The van der Waals surface area contributed by atoms with Gasteiger partial charge in [-0.05, 0) is 46.7 Å². The second-order valence-corrected chi connectivity index (χ2v) is 6.99. The molecule has 0 aliphatic carbocycles. The van der Waals surface area contributed by atoms with Gasteiger partial charge in [-0.15, -0.1) is 13.2 Å². The monoisotopic (exact) mass is 367 g/mol. The Morgan fingerprint density at radius 2 is 1.87 bits per heavy atom. The fraction of sp³-hybridized carbons (Fsp3) is 0.231. The lowest BCUT2D eigenvalue weighted by Crippen LogP contribution is -2.28. The fourth-order valence-electron chi connectivity index (χ4n) is 1.67. The fourth-order valence-corrected chi connectivity index (χ4v) is 3.42. The standard InChI is InChI=1S/C13H12F3NO4S2/c14-13(15,16)21-10-1-3-11(4-2-10)23(19,20)17-7-12(18)9-5-6-22-8-9/h1-6,8,12,17-18H,7H2/t12-/m1/s1. The van der Waals surface area contributed by atoms with Gasteiger partial charge in [0.15, 0.2) is 0 Å². The van der Waals surface area contributed by atoms with Crippen molar-refractivity contribution in [1.82, 2.24) is 4.72 Å². The highest BCUT2D eigenvalue weighted by molar-refractivity contribution is 7.89. The van der Waals surface area contributed by atoms with Crippen LogP contribution < -0.4 is 9.46 Å². The van der Waals surface area contributed by atoms with Gasteiger partial charge in [-0.3, -0.25) is 0 Å². The summed E-state index contributed by atoms with van der Waals surface area (Å²) in [6, 6.07) is 5.43. The van der Waals surface area contributed by atoms with E-state index in [1.807, 2.05) is 0 Å². The molecule has 5 nitrogen and oxygen atoms in total. The maximum atomic E-state index is 12.0. The zero-order valence-corrected chi connectivity index (χ0v) is 13.1. The number of benzene rings is 1. The zero-order chi connectivity index (χ0) is 17.1. The Kier molecular flexibility index (Phi) is 5.30. The van der Waals surface area contributed by atoms with Gasteiger partial charge < -0.3 is 9.84 Å². The normalized spacial score (nSPS) is 13.7. The third-order valence-electron chi connectivity index (χ3n) is 2.76. The smallest absolute Gasteiger partial charge is 0.406 e. The van der Waals surface area contributed by atoms with Gasteiger partial charge in [0.05, 0.1) is 11.0 Å². The van der Waals surface area contributed by atoms with E-state index in [-0.39, 0.29) is 11.4 Å². The summed E-state index contributed by atoms with van der Waals surface area (Å²) in [6.45, 7) is -0.250. The van der Waals surface area contributed by atoms with Crippen LogP contribution in [0.1, 0.15) is 11.7 Å². The van der Waals surface area contributed by atoms with Gasteiger partial charge in [0.25, 0.3) is 0 Å². The van der Waals surface area contributed by atoms with E-state index in [9.17, 15) is 26.7 Å². The summed E-state index contributed by atoms with van der Waals surface area (Å²) in [5, 5.41) is 13.3. The molecular formula is C13H12F3NO4S2. The predicted molar refractivity (Wildman–Crippen MR) is 77.6 cm³/mol. The van der Waals surface area contributed by atoms with Crippen LogP contribution in [-0.4, -0.2) is 26.4 Å². The number of alkyl halides is 3. The number of nitrogens with one attached hydrogen (secondary N) is 1. The average Bonchev–Trinajstić information content (AvgIpc) is 2.98. The van der Waals surface area contributed by atoms with E-state index in [1.165, 1.54) is 11.3 Å². The van der Waals surface area contributed by atoms with Crippen LogP contribution in [0.3, 0.4) is 0 Å². The minimum absolute atomic E-state index is 0.232. The number of halogens is 3. The van der Waals surface area contributed by atoms with Gasteiger partial charge in [-0.2, -0.15) is 11.3 Å². The van der Waals surface area contributed by atoms with Crippen LogP contribution in [-0.2, 0) is 10.0 Å². The van der Waals surface area contributed by atoms with E-state index >= 15 is 0 Å². The van der Waals surface area contributed by atoms with Crippen molar-refractivity contribution in [3.8, 4) is 5.75 Å². The Bertz CT molecular complexity index is 728. The van der Waals surface area contributed by atoms with Gasteiger partial charge in [0, 0.05) is 6.54 Å². The van der Waals surface area contributed by atoms with Gasteiger partial charge in [0.2, 0.25) is 10.0 Å². The van der Waals surface area contributed by atoms with Crippen LogP contribution in [0.4, 0.5) is 13.2 Å². The van der Waals surface area contributed by atoms with Crippen LogP contribution in [0.5, 0.6) is 5.75 Å². The molecule has 0 fully saturated rings. The van der Waals surface area contributed by atoms with Crippen molar-refractivity contribution in [1.29, 1.82) is 0 Å². The number of ether oxygens (including phenoxy) is 1. The van der Waals surface area contributed by atoms with Crippen LogP contribution in [0, 0.1) is 0 Å². The second-order valence-electron chi connectivity index (χ2n) is 4.44. The third kappa shape index (κ3) is 5.20. The van der Waals surface area contributed by atoms with Crippen molar-refractivity contribution in [3.05, 3.63) is 46.7 Å². The molecule has 1 atom stereocenters. The van der Waals surface area contributed by atoms with Gasteiger partial charge in [-0.25, -0.2) is 13.1 Å². The quantitative estimate of drug-likeness (QED) is 0.823. The molecule has 0 spiro atoms. The van der Waals surface area contributed by atoms with E-state index in [4.69, 9.17) is 0 Å². The molecule has 1 aromatic carbocycles. The van der Waals surface area contributed by atoms with Crippen LogP contribution >= 0.6 is 11.3 Å². The molecule has 0 saturated carbocycles. The second kappa shape index (κ2) is 6.87. The van der Waals surface area contributed by atoms with E-state index in [0.717, 1.165) is 24.3 Å². The lowest BCUT2D eigenvalue weighted by atomic mass is 10.2. The highest BCUT2D eigenvalue weighted by Gasteiger charge is 2.31. The number of thiophene rings is 1. The van der Waals surface area contributed by atoms with E-state index in [2.05, 4.69) is 9.46 Å². The number of hydrogen-bond acceptors (Lipinski definition) is 5. The first-order valence-electron chi connectivity index (χ1n) is 6.23. The molecule has 1 aromatic heterocycles. The Morgan fingerprint density at radius 1 is 1.22 bits per heavy atom. The molecule has 2 rings (SSSR count). The molecule has 1 heterocycles. The summed E-state index contributed by atoms with van der Waals surface area (Å²) in [5.74, 6) is -0.519. The molecule has 0 radical (unpaired) electrons. The summed E-state index contributed by atoms with van der Waals surface area (Å²) in [7, 11) is -3.95. The third-order valence-corrected chi connectivity index (χ3v) is 4.90. The Labute approximate surface area is 134 Å². The molecule has 0 aliphatic heterocycles. The van der Waals surface area contributed by atoms with Crippen LogP contribution in [0.15, 0.2) is 46.0 Å². The molecule has 0 unspecified atom stereocenters. The van der Waals surface area contributed by atoms with Crippen molar-refractivity contribution in [2.45, 2.75) is 17.4 Å². The molecule has 126 valence electrons. The highest BCUT2D eigenvalue weighted by Crippen LogP contribution is 2.24. The lowest BCUT2D eigenvalue weighted by molar-refractivity contribution is -0.274.